The summed E-state index contributed by atoms with van der Waals surface area (Å²) in [5.74, 6) is -0.978. The minimum absolute atomic E-state index is 0.00901. The Kier molecular flexibility index (Phi) is 8.05. The van der Waals surface area contributed by atoms with Gasteiger partial charge in [-0.2, -0.15) is 0 Å². The molecule has 0 aliphatic rings. The fourth-order valence-electron chi connectivity index (χ4n) is 3.02. The number of ether oxygens (including phenoxy) is 4. The van der Waals surface area contributed by atoms with Crippen molar-refractivity contribution in [3.8, 4) is 23.0 Å². The standard InChI is InChI=1S/C22H26N2O8/c1-29-13-11-17(31-3)14(18(12-13)32-4)9-10-19(25)24-20(26)22(23,21(27)28)15-7-5-6-8-16(15)30-2/h5-12,20,26H,23H2,1-4H3,(H,24,25)(H,27,28). The number of carboxylic acid groups (broad SMARTS) is 1. The Balaban J connectivity index is 2.32. The third kappa shape index (κ3) is 4.93. The number of aliphatic hydroxyl groups is 1. The van der Waals surface area contributed by atoms with Crippen LogP contribution in [0.3, 0.4) is 0 Å². The number of aliphatic carboxylic acids is 1. The molecule has 172 valence electrons. The van der Waals surface area contributed by atoms with Crippen molar-refractivity contribution in [2.24, 2.45) is 5.73 Å². The molecule has 2 atom stereocenters. The summed E-state index contributed by atoms with van der Waals surface area (Å²) in [5.41, 5.74) is 4.09. The first kappa shape index (κ1) is 24.5. The predicted molar refractivity (Wildman–Crippen MR) is 116 cm³/mol. The van der Waals surface area contributed by atoms with Crippen molar-refractivity contribution in [2.45, 2.75) is 11.8 Å². The number of carbonyl (C=O) groups excluding carboxylic acids is 1. The highest BCUT2D eigenvalue weighted by Crippen LogP contribution is 2.35. The molecule has 2 rings (SSSR count). The van der Waals surface area contributed by atoms with Gasteiger partial charge in [0.25, 0.3) is 0 Å². The van der Waals surface area contributed by atoms with E-state index in [-0.39, 0.29) is 11.3 Å². The molecular formula is C22H26N2O8. The summed E-state index contributed by atoms with van der Waals surface area (Å²) in [4.78, 5) is 24.4. The molecule has 0 aromatic heterocycles. The van der Waals surface area contributed by atoms with Gasteiger partial charge in [-0.1, -0.05) is 18.2 Å². The highest BCUT2D eigenvalue weighted by molar-refractivity contribution is 5.94. The van der Waals surface area contributed by atoms with Gasteiger partial charge in [-0.05, 0) is 12.1 Å². The first-order chi connectivity index (χ1) is 15.2. The second-order valence-electron chi connectivity index (χ2n) is 6.56. The number of carbonyl (C=O) groups is 2. The fourth-order valence-corrected chi connectivity index (χ4v) is 3.02. The summed E-state index contributed by atoms with van der Waals surface area (Å²) in [5, 5.41) is 22.5. The number of aliphatic hydroxyl groups excluding tert-OH is 1. The van der Waals surface area contributed by atoms with Gasteiger partial charge >= 0.3 is 5.97 Å². The van der Waals surface area contributed by atoms with E-state index in [4.69, 9.17) is 24.7 Å². The van der Waals surface area contributed by atoms with Gasteiger partial charge in [0.2, 0.25) is 5.91 Å². The first-order valence-corrected chi connectivity index (χ1v) is 9.35. The SMILES string of the molecule is COc1cc(OC)c(C=CC(=O)NC(O)C(N)(C(=O)O)c2ccccc2OC)c(OC)c1. The zero-order valence-corrected chi connectivity index (χ0v) is 18.1. The summed E-state index contributed by atoms with van der Waals surface area (Å²) in [6, 6.07) is 9.26. The lowest BCUT2D eigenvalue weighted by molar-refractivity contribution is -0.150. The van der Waals surface area contributed by atoms with Crippen LogP contribution in [0.2, 0.25) is 0 Å². The van der Waals surface area contributed by atoms with Gasteiger partial charge in [-0.15, -0.1) is 0 Å². The van der Waals surface area contributed by atoms with Gasteiger partial charge in [-0.25, -0.2) is 4.79 Å². The molecule has 2 unspecified atom stereocenters. The van der Waals surface area contributed by atoms with E-state index >= 15 is 0 Å². The van der Waals surface area contributed by atoms with Crippen LogP contribution in [0.15, 0.2) is 42.5 Å². The Labute approximate surface area is 185 Å². The van der Waals surface area contributed by atoms with Gasteiger partial charge in [0.1, 0.15) is 23.0 Å². The summed E-state index contributed by atoms with van der Waals surface area (Å²) in [7, 11) is 5.71. The highest BCUT2D eigenvalue weighted by Gasteiger charge is 2.46. The molecule has 0 fully saturated rings. The topological polar surface area (TPSA) is 150 Å². The molecule has 1 amide bonds. The zero-order chi connectivity index (χ0) is 23.9. The van der Waals surface area contributed by atoms with Crippen molar-refractivity contribution in [3.63, 3.8) is 0 Å². The first-order valence-electron chi connectivity index (χ1n) is 9.35. The van der Waals surface area contributed by atoms with Crippen LogP contribution in [0.25, 0.3) is 6.08 Å². The summed E-state index contributed by atoms with van der Waals surface area (Å²) in [6.45, 7) is 0. The maximum absolute atomic E-state index is 12.5. The van der Waals surface area contributed by atoms with Crippen LogP contribution >= 0.6 is 0 Å². The molecule has 32 heavy (non-hydrogen) atoms. The zero-order valence-electron chi connectivity index (χ0n) is 18.1. The van der Waals surface area contributed by atoms with E-state index in [1.165, 1.54) is 46.6 Å². The predicted octanol–water partition coefficient (Wildman–Crippen LogP) is 1.11. The van der Waals surface area contributed by atoms with E-state index < -0.39 is 23.6 Å². The van der Waals surface area contributed by atoms with Crippen LogP contribution in [0.4, 0.5) is 0 Å². The van der Waals surface area contributed by atoms with Gasteiger partial charge in [-0.3, -0.25) is 4.79 Å². The van der Waals surface area contributed by atoms with E-state index in [1.54, 1.807) is 24.3 Å². The molecular weight excluding hydrogens is 420 g/mol. The molecule has 0 aliphatic heterocycles. The van der Waals surface area contributed by atoms with Crippen molar-refractivity contribution in [2.75, 3.05) is 28.4 Å². The van der Waals surface area contributed by atoms with Crippen molar-refractivity contribution < 1.29 is 38.7 Å². The van der Waals surface area contributed by atoms with E-state index in [0.717, 1.165) is 6.08 Å². The lowest BCUT2D eigenvalue weighted by atomic mass is 9.88. The number of rotatable bonds is 10. The van der Waals surface area contributed by atoms with Crippen molar-refractivity contribution in [1.29, 1.82) is 0 Å². The van der Waals surface area contributed by atoms with Crippen molar-refractivity contribution in [3.05, 3.63) is 53.6 Å². The summed E-state index contributed by atoms with van der Waals surface area (Å²) < 4.78 is 20.9. The third-order valence-corrected chi connectivity index (χ3v) is 4.77. The normalized spacial score (nSPS) is 13.7. The number of para-hydroxylation sites is 1. The molecule has 0 bridgehead atoms. The van der Waals surface area contributed by atoms with Crippen LogP contribution in [0.5, 0.6) is 23.0 Å². The fraction of sp³-hybridized carbons (Fsp3) is 0.273. The second-order valence-corrected chi connectivity index (χ2v) is 6.56. The molecule has 10 nitrogen and oxygen atoms in total. The van der Waals surface area contributed by atoms with Crippen LogP contribution in [-0.4, -0.2) is 56.8 Å². The molecule has 2 aromatic carbocycles. The molecule has 2 aromatic rings. The van der Waals surface area contributed by atoms with E-state index in [1.807, 2.05) is 0 Å². The number of methoxy groups -OCH3 is 4. The van der Waals surface area contributed by atoms with Gasteiger partial charge in [0.15, 0.2) is 11.8 Å². The largest absolute Gasteiger partial charge is 0.496 e. The molecule has 0 saturated heterocycles. The van der Waals surface area contributed by atoms with Gasteiger partial charge < -0.3 is 40.2 Å². The lowest BCUT2D eigenvalue weighted by Gasteiger charge is -2.31. The lowest BCUT2D eigenvalue weighted by Crippen LogP contribution is -2.60. The van der Waals surface area contributed by atoms with E-state index in [2.05, 4.69) is 5.32 Å². The number of benzene rings is 2. The second kappa shape index (κ2) is 10.5. The Morgan fingerprint density at radius 2 is 1.56 bits per heavy atom. The highest BCUT2D eigenvalue weighted by atomic mass is 16.5. The molecule has 0 spiro atoms. The van der Waals surface area contributed by atoms with Crippen molar-refractivity contribution in [1.82, 2.24) is 5.32 Å². The Morgan fingerprint density at radius 3 is 2.06 bits per heavy atom. The molecule has 10 heteroatoms. The number of nitrogens with one attached hydrogen (secondary N) is 1. The Bertz CT molecular complexity index is 982. The maximum Gasteiger partial charge on any atom is 0.333 e. The smallest absolute Gasteiger partial charge is 0.333 e. The van der Waals surface area contributed by atoms with E-state index in [9.17, 15) is 19.8 Å². The summed E-state index contributed by atoms with van der Waals surface area (Å²) >= 11 is 0. The minimum Gasteiger partial charge on any atom is -0.496 e. The molecule has 0 heterocycles. The molecule has 5 N–H and O–H groups in total. The molecule has 0 saturated carbocycles. The minimum atomic E-state index is -2.37. The Morgan fingerprint density at radius 1 is 1.00 bits per heavy atom. The number of carboxylic acids is 1. The maximum atomic E-state index is 12.5. The van der Waals surface area contributed by atoms with E-state index in [0.29, 0.717) is 22.8 Å². The number of amides is 1. The summed E-state index contributed by atoms with van der Waals surface area (Å²) in [6.07, 6.45) is 0.495. The monoisotopic (exact) mass is 446 g/mol. The van der Waals surface area contributed by atoms with Crippen LogP contribution in [0, 0.1) is 0 Å². The number of hydrogen-bond acceptors (Lipinski definition) is 8. The van der Waals surface area contributed by atoms with Crippen LogP contribution in [0.1, 0.15) is 11.1 Å². The Hall–Kier alpha value is -3.76. The average molecular weight is 446 g/mol. The van der Waals surface area contributed by atoms with Crippen LogP contribution in [-0.2, 0) is 15.1 Å². The number of hydrogen-bond donors (Lipinski definition) is 4. The quantitative estimate of drug-likeness (QED) is 0.311. The van der Waals surface area contributed by atoms with Gasteiger partial charge in [0, 0.05) is 23.8 Å². The van der Waals surface area contributed by atoms with Gasteiger partial charge in [0.05, 0.1) is 34.0 Å². The molecule has 0 aliphatic carbocycles. The van der Waals surface area contributed by atoms with Crippen LogP contribution < -0.4 is 30.0 Å². The third-order valence-electron chi connectivity index (χ3n) is 4.77. The average Bonchev–Trinajstić information content (AvgIpc) is 2.81. The number of nitrogens with two attached hydrogens (primary N) is 1. The molecule has 0 radical (unpaired) electrons. The van der Waals surface area contributed by atoms with Crippen molar-refractivity contribution >= 4 is 18.0 Å².